The molecule has 3 aromatic rings. The van der Waals surface area contributed by atoms with Crippen LogP contribution in [0.25, 0.3) is 11.2 Å². The summed E-state index contributed by atoms with van der Waals surface area (Å²) in [6, 6.07) is 3.23. The van der Waals surface area contributed by atoms with Crippen molar-refractivity contribution in [2.75, 3.05) is 18.9 Å². The first-order valence-corrected chi connectivity index (χ1v) is 12.9. The molecule has 2 unspecified atom stereocenters. The summed E-state index contributed by atoms with van der Waals surface area (Å²) >= 11 is 7.40. The van der Waals surface area contributed by atoms with E-state index in [4.69, 9.17) is 11.6 Å². The molecule has 4 N–H and O–H groups in total. The number of thiophene rings is 1. The van der Waals surface area contributed by atoms with Crippen molar-refractivity contribution < 1.29 is 15.0 Å². The number of rotatable bonds is 6. The molecule has 0 bridgehead atoms. The van der Waals surface area contributed by atoms with Gasteiger partial charge in [-0.05, 0) is 42.7 Å². The molecule has 6 rings (SSSR count). The zero-order valence-electron chi connectivity index (χ0n) is 19.2. The van der Waals surface area contributed by atoms with Gasteiger partial charge in [-0.25, -0.2) is 15.0 Å². The van der Waals surface area contributed by atoms with Crippen LogP contribution >= 0.6 is 22.9 Å². The molecule has 3 heterocycles. The molecule has 0 spiro atoms. The Morgan fingerprint density at radius 3 is 2.86 bits per heavy atom. The predicted molar refractivity (Wildman–Crippen MR) is 132 cm³/mol. The van der Waals surface area contributed by atoms with Crippen LogP contribution in [-0.2, 0) is 4.79 Å². The van der Waals surface area contributed by atoms with E-state index in [-0.39, 0.29) is 17.7 Å². The van der Waals surface area contributed by atoms with E-state index in [0.717, 1.165) is 24.3 Å². The van der Waals surface area contributed by atoms with E-state index in [2.05, 4.69) is 44.4 Å². The third-order valence-electron chi connectivity index (χ3n) is 7.72. The van der Waals surface area contributed by atoms with Crippen molar-refractivity contribution in [3.05, 3.63) is 33.5 Å². The molecule has 182 valence electrons. The Balaban J connectivity index is 1.38. The normalized spacial score (nSPS) is 31.9. The van der Waals surface area contributed by atoms with Gasteiger partial charge >= 0.3 is 0 Å². The summed E-state index contributed by atoms with van der Waals surface area (Å²) in [4.78, 5) is 27.1. The lowest BCUT2D eigenvalue weighted by molar-refractivity contribution is -0.134. The van der Waals surface area contributed by atoms with Crippen LogP contribution in [0, 0.1) is 29.1 Å². The molecule has 35 heavy (non-hydrogen) atoms. The first-order valence-electron chi connectivity index (χ1n) is 11.7. The summed E-state index contributed by atoms with van der Waals surface area (Å²) in [6.45, 7) is 2.85. The summed E-state index contributed by atoms with van der Waals surface area (Å²) < 4.78 is 2.47. The number of carbonyl (C=O) groups excluding carboxylic acids is 1. The Bertz CT molecular complexity index is 1410. The van der Waals surface area contributed by atoms with Crippen LogP contribution in [-0.4, -0.2) is 60.9 Å². The van der Waals surface area contributed by atoms with Gasteiger partial charge in [0, 0.05) is 19.5 Å². The van der Waals surface area contributed by atoms with Crippen molar-refractivity contribution in [3.8, 4) is 11.8 Å². The van der Waals surface area contributed by atoms with Crippen LogP contribution in [0.4, 0.5) is 5.82 Å². The Labute approximate surface area is 210 Å². The fourth-order valence-electron chi connectivity index (χ4n) is 5.96. The summed E-state index contributed by atoms with van der Waals surface area (Å²) in [7, 11) is 1.56. The predicted octanol–water partition coefficient (Wildman–Crippen LogP) is 2.18. The van der Waals surface area contributed by atoms with Gasteiger partial charge in [0.15, 0.2) is 17.0 Å². The Hall–Kier alpha value is -2.71. The minimum Gasteiger partial charge on any atom is -0.389 e. The molecule has 3 saturated carbocycles. The maximum absolute atomic E-state index is 12.5. The van der Waals surface area contributed by atoms with Gasteiger partial charge in [0.2, 0.25) is 11.7 Å². The third-order valence-corrected chi connectivity index (χ3v) is 8.87. The SMILES string of the molecule is CCCCNc1nc(C#Cc2ccc(Cl)s2)nc2c1ncn2[C@@H]1[C@@H]2C3CC3(C(=O)NC)[C@@H](O)[C@]21O. The molecule has 3 fully saturated rings. The summed E-state index contributed by atoms with van der Waals surface area (Å²) in [5.74, 6) is 6.47. The van der Waals surface area contributed by atoms with E-state index in [9.17, 15) is 15.0 Å². The van der Waals surface area contributed by atoms with E-state index in [1.807, 2.05) is 10.6 Å². The molecule has 11 heteroatoms. The first-order chi connectivity index (χ1) is 16.9. The molecular formula is C24H25ClN6O3S. The van der Waals surface area contributed by atoms with Gasteiger partial charge in [-0.15, -0.1) is 11.3 Å². The minimum atomic E-state index is -1.39. The number of anilines is 1. The number of unbranched alkanes of at least 4 members (excludes halogenated alkanes) is 1. The summed E-state index contributed by atoms with van der Waals surface area (Å²) in [5, 5.41) is 28.5. The highest BCUT2D eigenvalue weighted by Crippen LogP contribution is 2.82. The van der Waals surface area contributed by atoms with E-state index in [1.54, 1.807) is 19.4 Å². The summed E-state index contributed by atoms with van der Waals surface area (Å²) in [6.07, 6.45) is 3.08. The number of aliphatic hydroxyl groups excluding tert-OH is 1. The molecule has 6 atom stereocenters. The first kappa shape index (κ1) is 22.7. The number of aromatic nitrogens is 4. The molecule has 3 aromatic heterocycles. The Morgan fingerprint density at radius 2 is 2.20 bits per heavy atom. The minimum absolute atomic E-state index is 0.0725. The highest BCUT2D eigenvalue weighted by molar-refractivity contribution is 7.16. The molecule has 3 aliphatic rings. The molecule has 1 amide bonds. The number of fused-ring (bicyclic) bond motifs is 4. The average Bonchev–Trinajstić information content (AvgIpc) is 3.55. The van der Waals surface area contributed by atoms with Crippen molar-refractivity contribution >= 4 is 45.8 Å². The lowest BCUT2D eigenvalue weighted by atomic mass is 9.93. The van der Waals surface area contributed by atoms with E-state index in [1.165, 1.54) is 11.3 Å². The topological polar surface area (TPSA) is 125 Å². The molecule has 0 aliphatic heterocycles. The number of imidazole rings is 1. The highest BCUT2D eigenvalue weighted by Gasteiger charge is 2.91. The maximum atomic E-state index is 12.5. The second kappa shape index (κ2) is 7.90. The van der Waals surface area contributed by atoms with Crippen LogP contribution in [0.5, 0.6) is 0 Å². The van der Waals surface area contributed by atoms with Crippen molar-refractivity contribution in [2.24, 2.45) is 17.3 Å². The van der Waals surface area contributed by atoms with Crippen molar-refractivity contribution in [2.45, 2.75) is 43.9 Å². The largest absolute Gasteiger partial charge is 0.389 e. The second-order valence-electron chi connectivity index (χ2n) is 9.54. The van der Waals surface area contributed by atoms with Crippen LogP contribution in [0.3, 0.4) is 0 Å². The molecular weight excluding hydrogens is 488 g/mol. The number of aliphatic hydroxyl groups is 2. The Morgan fingerprint density at radius 1 is 1.37 bits per heavy atom. The maximum Gasteiger partial charge on any atom is 0.229 e. The molecule has 0 saturated heterocycles. The second-order valence-corrected chi connectivity index (χ2v) is 11.3. The monoisotopic (exact) mass is 512 g/mol. The molecule has 3 aliphatic carbocycles. The number of hydrogen-bond donors (Lipinski definition) is 4. The third kappa shape index (κ3) is 3.15. The van der Waals surface area contributed by atoms with Crippen LogP contribution in [0.2, 0.25) is 4.34 Å². The van der Waals surface area contributed by atoms with Gasteiger partial charge in [-0.1, -0.05) is 24.9 Å². The molecule has 0 aromatic carbocycles. The number of hydrogen-bond acceptors (Lipinski definition) is 8. The van der Waals surface area contributed by atoms with Gasteiger partial charge in [-0.2, -0.15) is 0 Å². The van der Waals surface area contributed by atoms with Gasteiger partial charge in [-0.3, -0.25) is 4.79 Å². The lowest BCUT2D eigenvalue weighted by Crippen LogP contribution is -2.45. The smallest absolute Gasteiger partial charge is 0.229 e. The van der Waals surface area contributed by atoms with Crippen molar-refractivity contribution in [3.63, 3.8) is 0 Å². The summed E-state index contributed by atoms with van der Waals surface area (Å²) in [5.41, 5.74) is -1.15. The molecule has 9 nitrogen and oxygen atoms in total. The highest BCUT2D eigenvalue weighted by atomic mass is 35.5. The van der Waals surface area contributed by atoms with E-state index >= 15 is 0 Å². The zero-order chi connectivity index (χ0) is 24.5. The number of nitrogens with zero attached hydrogens (tertiary/aromatic N) is 4. The van der Waals surface area contributed by atoms with Gasteiger partial charge in [0.1, 0.15) is 5.60 Å². The molecule has 0 radical (unpaired) electrons. The number of carbonyl (C=O) groups is 1. The standard InChI is InChI=1S/C24H25ClN6O3S/c1-3-4-9-27-19-17-20(30-15(29-19)8-6-12-5-7-14(25)35-12)31(11-28-17)18-16-13-10-23(13,22(33)26-2)21(32)24(16,18)34/h5,7,11,13,16,18,21,32,34H,3-4,9-10H2,1-2H3,(H,26,33)(H,27,29,30)/t13?,16-,18+,21+,23?,24-/m0/s1. The van der Waals surface area contributed by atoms with Crippen LogP contribution in [0.15, 0.2) is 18.5 Å². The van der Waals surface area contributed by atoms with Crippen molar-refractivity contribution in [1.29, 1.82) is 0 Å². The quantitative estimate of drug-likeness (QED) is 0.294. The fraction of sp³-hybridized carbons (Fsp3) is 0.500. The zero-order valence-corrected chi connectivity index (χ0v) is 20.8. The average molecular weight is 513 g/mol. The number of halogens is 1. The van der Waals surface area contributed by atoms with Gasteiger partial charge < -0.3 is 25.4 Å². The van der Waals surface area contributed by atoms with E-state index in [0.29, 0.717) is 33.6 Å². The number of amides is 1. The van der Waals surface area contributed by atoms with Crippen LogP contribution in [0.1, 0.15) is 42.9 Å². The number of nitrogens with one attached hydrogen (secondary N) is 2. The Kier molecular flexibility index (Phi) is 5.13. The van der Waals surface area contributed by atoms with Gasteiger partial charge in [0.25, 0.3) is 0 Å². The van der Waals surface area contributed by atoms with Crippen molar-refractivity contribution in [1.82, 2.24) is 24.8 Å². The van der Waals surface area contributed by atoms with E-state index < -0.39 is 23.2 Å². The van der Waals surface area contributed by atoms with Crippen LogP contribution < -0.4 is 10.6 Å². The lowest BCUT2D eigenvalue weighted by Gasteiger charge is -2.25. The fourth-order valence-corrected chi connectivity index (χ4v) is 6.86. The van der Waals surface area contributed by atoms with Gasteiger partial charge in [0.05, 0.1) is 33.1 Å².